The van der Waals surface area contributed by atoms with Crippen LogP contribution in [-0.2, 0) is 36.4 Å². The van der Waals surface area contributed by atoms with E-state index in [1.165, 1.54) is 37.8 Å². The van der Waals surface area contributed by atoms with Gasteiger partial charge >= 0.3 is 11.9 Å². The lowest BCUT2D eigenvalue weighted by Crippen LogP contribution is -2.81. The summed E-state index contributed by atoms with van der Waals surface area (Å²) in [6, 6.07) is 16.8. The molecule has 12 nitrogen and oxygen atoms in total. The number of carbonyl (C=O) groups excluding carboxylic acids is 3. The second-order valence-electron chi connectivity index (χ2n) is 19.0. The van der Waals surface area contributed by atoms with Gasteiger partial charge in [0.05, 0.1) is 26.8 Å². The fourth-order valence-corrected chi connectivity index (χ4v) is 13.8. The summed E-state index contributed by atoms with van der Waals surface area (Å²) in [6.07, 6.45) is 7.95. The number of ether oxygens (including phenoxy) is 3. The first-order valence-electron chi connectivity index (χ1n) is 22.7. The smallest absolute Gasteiger partial charge is 0.322 e. The van der Waals surface area contributed by atoms with Crippen molar-refractivity contribution in [1.82, 2.24) is 20.1 Å². The summed E-state index contributed by atoms with van der Waals surface area (Å²) in [4.78, 5) is 53.2. The molecule has 13 heteroatoms. The van der Waals surface area contributed by atoms with Gasteiger partial charge in [-0.15, -0.1) is 0 Å². The van der Waals surface area contributed by atoms with E-state index in [0.717, 1.165) is 59.0 Å². The number of fused-ring (bicyclic) bond motifs is 6. The molecule has 1 aromatic heterocycles. The van der Waals surface area contributed by atoms with Crippen molar-refractivity contribution < 1.29 is 38.1 Å². The zero-order chi connectivity index (χ0) is 44.9. The van der Waals surface area contributed by atoms with Crippen LogP contribution in [0, 0.1) is 17.2 Å². The quantitative estimate of drug-likeness (QED) is 0.133. The standard InChI is InChI=1S/C51H58FN5O7/c1-7-31-21-32-25-50(47(60)63-6,42-36(28-56(26-31)27-32)35-15-9-10-16-39(35)54-42)38-23-37-40(24-41(38)62-5)55(4)45-49(37)18-20-57-19-12-17-48(8-2,44(49)57)46(64-30(3)58)51(45,61)29-53-43(59)33-13-11-14-34(52)22-33/h9-17,21-24,32,44-46,54,61H,7-8,18-20,25-29H2,1-6H3,(H,53,59)/t32-,44-,45+,46+,48+,49+,50-,51-/m0/s1. The molecule has 2 fully saturated rings. The number of para-hydroxylation sites is 1. The van der Waals surface area contributed by atoms with Crippen LogP contribution in [0.5, 0.6) is 5.75 Å². The minimum absolute atomic E-state index is 0.0121. The van der Waals surface area contributed by atoms with Crippen LogP contribution in [0.25, 0.3) is 10.9 Å². The van der Waals surface area contributed by atoms with Crippen LogP contribution in [0.2, 0.25) is 0 Å². The van der Waals surface area contributed by atoms with Gasteiger partial charge in [-0.2, -0.15) is 0 Å². The third kappa shape index (κ3) is 5.85. The third-order valence-electron chi connectivity index (χ3n) is 16.0. The van der Waals surface area contributed by atoms with E-state index in [2.05, 4.69) is 75.3 Å². The Bertz CT molecular complexity index is 2640. The zero-order valence-electron chi connectivity index (χ0n) is 37.5. The summed E-state index contributed by atoms with van der Waals surface area (Å²) in [5.41, 5.74) is 1.68. The number of hydrogen-bond donors (Lipinski definition) is 3. The molecule has 10 rings (SSSR count). The van der Waals surface area contributed by atoms with E-state index in [1.54, 1.807) is 7.11 Å². The van der Waals surface area contributed by atoms with E-state index in [4.69, 9.17) is 14.2 Å². The number of aromatic nitrogens is 1. The zero-order valence-corrected chi connectivity index (χ0v) is 37.5. The van der Waals surface area contributed by atoms with Gasteiger partial charge < -0.3 is 34.5 Å². The number of aromatic amines is 1. The first kappa shape index (κ1) is 42.5. The highest BCUT2D eigenvalue weighted by Gasteiger charge is 2.78. The Balaban J connectivity index is 1.23. The van der Waals surface area contributed by atoms with Gasteiger partial charge in [0.15, 0.2) is 0 Å². The van der Waals surface area contributed by atoms with Crippen LogP contribution in [0.15, 0.2) is 84.5 Å². The summed E-state index contributed by atoms with van der Waals surface area (Å²) in [7, 11) is 5.03. The minimum atomic E-state index is -1.89. The molecule has 3 N–H and O–H groups in total. The molecule has 1 saturated heterocycles. The highest BCUT2D eigenvalue weighted by atomic mass is 19.1. The average molecular weight is 872 g/mol. The van der Waals surface area contributed by atoms with Crippen molar-refractivity contribution in [2.24, 2.45) is 11.3 Å². The van der Waals surface area contributed by atoms with Gasteiger partial charge in [-0.1, -0.05) is 61.9 Å². The van der Waals surface area contributed by atoms with Crippen LogP contribution in [0.4, 0.5) is 10.1 Å². The maximum Gasteiger partial charge on any atom is 0.322 e. The molecule has 64 heavy (non-hydrogen) atoms. The van der Waals surface area contributed by atoms with Gasteiger partial charge in [-0.05, 0) is 79.6 Å². The predicted molar refractivity (Wildman–Crippen MR) is 241 cm³/mol. The second kappa shape index (κ2) is 15.3. The molecule has 1 saturated carbocycles. The summed E-state index contributed by atoms with van der Waals surface area (Å²) < 4.78 is 33.2. The van der Waals surface area contributed by atoms with Crippen molar-refractivity contribution >= 4 is 34.4 Å². The lowest BCUT2D eigenvalue weighted by Gasteiger charge is -2.64. The lowest BCUT2D eigenvalue weighted by atomic mass is 9.47. The molecule has 1 unspecified atom stereocenters. The number of anilines is 1. The average Bonchev–Trinajstić information content (AvgIpc) is 3.94. The number of amides is 1. The Hall–Kier alpha value is -5.50. The van der Waals surface area contributed by atoms with Gasteiger partial charge in [-0.3, -0.25) is 24.2 Å². The maximum atomic E-state index is 15.3. The largest absolute Gasteiger partial charge is 0.496 e. The van der Waals surface area contributed by atoms with Crippen LogP contribution in [0.3, 0.4) is 0 Å². The summed E-state index contributed by atoms with van der Waals surface area (Å²) in [5.74, 6) is -1.55. The molecular weight excluding hydrogens is 814 g/mol. The number of aliphatic hydroxyl groups is 1. The molecule has 1 aliphatic carbocycles. The lowest BCUT2D eigenvalue weighted by molar-refractivity contribution is -0.216. The number of esters is 2. The highest BCUT2D eigenvalue weighted by Crippen LogP contribution is 2.68. The molecular formula is C51H58FN5O7. The Morgan fingerprint density at radius 3 is 2.56 bits per heavy atom. The molecule has 6 heterocycles. The first-order chi connectivity index (χ1) is 30.8. The van der Waals surface area contributed by atoms with Crippen molar-refractivity contribution in [2.75, 3.05) is 58.9 Å². The van der Waals surface area contributed by atoms with Crippen LogP contribution in [0.1, 0.15) is 79.2 Å². The van der Waals surface area contributed by atoms with Gasteiger partial charge in [0.2, 0.25) is 0 Å². The number of H-pyrrole nitrogens is 1. The number of carbonyl (C=O) groups is 3. The summed E-state index contributed by atoms with van der Waals surface area (Å²) >= 11 is 0. The maximum absolute atomic E-state index is 15.3. The first-order valence-corrected chi connectivity index (χ1v) is 22.7. The Morgan fingerprint density at radius 1 is 1.02 bits per heavy atom. The Morgan fingerprint density at radius 2 is 1.83 bits per heavy atom. The molecule has 9 atom stereocenters. The third-order valence-corrected chi connectivity index (χ3v) is 16.0. The van der Waals surface area contributed by atoms with Crippen molar-refractivity contribution in [3.05, 3.63) is 118 Å². The normalized spacial score (nSPS) is 32.3. The molecule has 5 aliphatic heterocycles. The van der Waals surface area contributed by atoms with Gasteiger partial charge in [0.25, 0.3) is 5.91 Å². The monoisotopic (exact) mass is 871 g/mol. The van der Waals surface area contributed by atoms with Crippen LogP contribution in [-0.4, -0.2) is 116 Å². The fraction of sp³-hybridized carbons (Fsp3) is 0.471. The summed E-state index contributed by atoms with van der Waals surface area (Å²) in [6.45, 7) is 8.93. The number of methoxy groups -OCH3 is 2. The number of nitrogens with zero attached hydrogens (tertiary/aromatic N) is 3. The molecule has 0 radical (unpaired) electrons. The Kier molecular flexibility index (Phi) is 10.2. The topological polar surface area (TPSA) is 137 Å². The number of likely N-dealkylation sites (N-methyl/N-ethyl adjacent to an activating group) is 1. The van der Waals surface area contributed by atoms with E-state index in [-0.39, 0.29) is 24.1 Å². The van der Waals surface area contributed by atoms with Crippen LogP contribution < -0.4 is 15.0 Å². The van der Waals surface area contributed by atoms with E-state index >= 15 is 4.79 Å². The minimum Gasteiger partial charge on any atom is -0.496 e. The Labute approximate surface area is 373 Å². The fourth-order valence-electron chi connectivity index (χ4n) is 13.8. The number of nitrogens with one attached hydrogen (secondary N) is 2. The van der Waals surface area contributed by atoms with Crippen molar-refractivity contribution in [2.45, 2.75) is 87.6 Å². The van der Waals surface area contributed by atoms with Crippen molar-refractivity contribution in [3.8, 4) is 5.75 Å². The van der Waals surface area contributed by atoms with E-state index < -0.39 is 57.7 Å². The SMILES string of the molecule is CCC1=C[C@@H]2CN(C1)Cc1c([nH]c3ccccc13)[C@@](C(=O)OC)(c1cc3c(cc1OC)N(C)[C@H]1[C@@](O)(CNC(=O)c4cccc(F)c4)[C@H](OC(C)=O)[C@]4(CC)C=CCN5CC[C@]31[C@@H]54)C2. The molecule has 3 aromatic carbocycles. The van der Waals surface area contributed by atoms with E-state index in [1.807, 2.05) is 25.2 Å². The second-order valence-corrected chi connectivity index (χ2v) is 19.0. The molecule has 336 valence electrons. The number of rotatable bonds is 9. The number of halogens is 1. The van der Waals surface area contributed by atoms with Gasteiger partial charge in [0.1, 0.15) is 28.7 Å². The molecule has 4 aromatic rings. The summed E-state index contributed by atoms with van der Waals surface area (Å²) in [5, 5.41) is 17.9. The van der Waals surface area contributed by atoms with E-state index in [0.29, 0.717) is 50.2 Å². The molecule has 6 aliphatic rings. The van der Waals surface area contributed by atoms with E-state index in [9.17, 15) is 19.1 Å². The van der Waals surface area contributed by atoms with Gasteiger partial charge in [-0.25, -0.2) is 4.39 Å². The number of hydrogen-bond acceptors (Lipinski definition) is 10. The molecule has 1 spiro atoms. The van der Waals surface area contributed by atoms with Gasteiger partial charge in [0, 0.05) is 96.5 Å². The van der Waals surface area contributed by atoms with Crippen molar-refractivity contribution in [3.63, 3.8) is 0 Å². The molecule has 1 amide bonds. The predicted octanol–water partition coefficient (Wildman–Crippen LogP) is 6.15. The van der Waals surface area contributed by atoms with Crippen molar-refractivity contribution in [1.29, 1.82) is 0 Å². The highest BCUT2D eigenvalue weighted by molar-refractivity contribution is 5.95. The van der Waals surface area contributed by atoms with Crippen LogP contribution >= 0.6 is 0 Å². The number of benzene rings is 3. The molecule has 2 bridgehead atoms.